The summed E-state index contributed by atoms with van der Waals surface area (Å²) in [5.41, 5.74) is -2.17. The maximum absolute atomic E-state index is 15.0. The average Bonchev–Trinajstić information content (AvgIpc) is 3.86. The van der Waals surface area contributed by atoms with Crippen molar-refractivity contribution in [3.05, 3.63) is 126 Å². The Morgan fingerprint density at radius 1 is 0.686 bits per heavy atom. The minimum absolute atomic E-state index is 0.106. The fourth-order valence-corrected chi connectivity index (χ4v) is 4.64. The molecule has 0 atom stereocenters. The smallest absolute Gasteiger partial charge is 0.337 e. The molecule has 0 radical (unpaired) electrons. The van der Waals surface area contributed by atoms with Gasteiger partial charge in [0.25, 0.3) is 11.8 Å². The lowest BCUT2D eigenvalue weighted by atomic mass is 10.1. The molecule has 0 unspecified atom stereocenters. The second-order valence-electron chi connectivity index (χ2n) is 10.4. The fraction of sp³-hybridized carbons (Fsp3) is 0.0625. The van der Waals surface area contributed by atoms with E-state index < -0.39 is 58.9 Å². The number of aromatic nitrogens is 8. The number of carboxylic acid groups (broad SMARTS) is 2. The molecule has 4 aromatic heterocycles. The number of hydrogen-bond donors (Lipinski definition) is 4. The molecule has 51 heavy (non-hydrogen) atoms. The van der Waals surface area contributed by atoms with Gasteiger partial charge in [-0.15, -0.1) is 20.4 Å². The van der Waals surface area contributed by atoms with Crippen molar-refractivity contribution in [2.75, 3.05) is 17.2 Å². The Morgan fingerprint density at radius 3 is 1.65 bits per heavy atom. The summed E-state index contributed by atoms with van der Waals surface area (Å²) in [6.45, 7) is -0.393. The SMILES string of the molecule is O=C(Nc1cc(CCOc2cc(NC(=O)c3ccc(-n4ccnc4)nn3)c(C(=O)O)cc2F)c(F)cc1C(=O)O)c1ccc(-n2ccnc2)nn1. The highest BCUT2D eigenvalue weighted by Gasteiger charge is 2.21. The van der Waals surface area contributed by atoms with Crippen LogP contribution in [0.2, 0.25) is 0 Å². The number of rotatable bonds is 12. The summed E-state index contributed by atoms with van der Waals surface area (Å²) in [5.74, 6) is -6.54. The van der Waals surface area contributed by atoms with Gasteiger partial charge in [0, 0.05) is 37.3 Å². The minimum Gasteiger partial charge on any atom is -0.490 e. The van der Waals surface area contributed by atoms with Crippen LogP contribution in [0.15, 0.2) is 86.0 Å². The molecule has 0 aliphatic carbocycles. The molecule has 4 N–H and O–H groups in total. The van der Waals surface area contributed by atoms with Crippen molar-refractivity contribution in [2.45, 2.75) is 6.42 Å². The lowest BCUT2D eigenvalue weighted by Crippen LogP contribution is -2.18. The Kier molecular flexibility index (Phi) is 9.42. The maximum Gasteiger partial charge on any atom is 0.337 e. The van der Waals surface area contributed by atoms with E-state index in [9.17, 15) is 38.2 Å². The first-order valence-corrected chi connectivity index (χ1v) is 14.6. The first-order chi connectivity index (χ1) is 24.6. The largest absolute Gasteiger partial charge is 0.490 e. The van der Waals surface area contributed by atoms with Crippen molar-refractivity contribution in [1.29, 1.82) is 0 Å². The molecule has 19 heteroatoms. The zero-order valence-corrected chi connectivity index (χ0v) is 25.8. The Hall–Kier alpha value is -7.44. The van der Waals surface area contributed by atoms with Gasteiger partial charge in [-0.05, 0) is 48.0 Å². The van der Waals surface area contributed by atoms with Gasteiger partial charge in [0.05, 0.1) is 29.1 Å². The van der Waals surface area contributed by atoms with E-state index in [4.69, 9.17) is 4.74 Å². The number of halogens is 2. The predicted molar refractivity (Wildman–Crippen MR) is 170 cm³/mol. The van der Waals surface area contributed by atoms with Crippen LogP contribution in [0.5, 0.6) is 5.75 Å². The molecule has 6 aromatic rings. The molecule has 2 amide bonds. The first kappa shape index (κ1) is 33.5. The van der Waals surface area contributed by atoms with Gasteiger partial charge in [-0.1, -0.05) is 0 Å². The molecule has 256 valence electrons. The number of carbonyl (C=O) groups is 4. The number of imidazole rings is 2. The number of carbonyl (C=O) groups excluding carboxylic acids is 2. The summed E-state index contributed by atoms with van der Waals surface area (Å²) >= 11 is 0. The normalized spacial score (nSPS) is 10.8. The van der Waals surface area contributed by atoms with Gasteiger partial charge in [-0.25, -0.2) is 28.3 Å². The van der Waals surface area contributed by atoms with Crippen LogP contribution in [0.4, 0.5) is 20.2 Å². The van der Waals surface area contributed by atoms with Gasteiger partial charge in [0.2, 0.25) is 0 Å². The van der Waals surface area contributed by atoms with Crippen LogP contribution in [-0.4, -0.2) is 80.1 Å². The van der Waals surface area contributed by atoms with Crippen LogP contribution in [0.3, 0.4) is 0 Å². The highest BCUT2D eigenvalue weighted by Crippen LogP contribution is 2.28. The Morgan fingerprint density at radius 2 is 1.20 bits per heavy atom. The quantitative estimate of drug-likeness (QED) is 0.144. The second-order valence-corrected chi connectivity index (χ2v) is 10.4. The van der Waals surface area contributed by atoms with E-state index in [1.54, 1.807) is 21.5 Å². The summed E-state index contributed by atoms with van der Waals surface area (Å²) in [5, 5.41) is 39.6. The first-order valence-electron chi connectivity index (χ1n) is 14.6. The van der Waals surface area contributed by atoms with Gasteiger partial charge in [0.1, 0.15) is 18.5 Å². The van der Waals surface area contributed by atoms with Crippen molar-refractivity contribution in [1.82, 2.24) is 39.5 Å². The van der Waals surface area contributed by atoms with Gasteiger partial charge in [-0.2, -0.15) is 0 Å². The number of hydrogen-bond acceptors (Lipinski definition) is 11. The summed E-state index contributed by atoms with van der Waals surface area (Å²) in [7, 11) is 0. The number of nitrogens with zero attached hydrogens (tertiary/aromatic N) is 8. The zero-order chi connectivity index (χ0) is 36.1. The maximum atomic E-state index is 15.0. The van der Waals surface area contributed by atoms with Gasteiger partial charge >= 0.3 is 11.9 Å². The van der Waals surface area contributed by atoms with Crippen LogP contribution < -0.4 is 15.4 Å². The highest BCUT2D eigenvalue weighted by molar-refractivity contribution is 6.07. The van der Waals surface area contributed by atoms with Crippen LogP contribution in [-0.2, 0) is 6.42 Å². The fourth-order valence-electron chi connectivity index (χ4n) is 4.64. The van der Waals surface area contributed by atoms with E-state index in [0.29, 0.717) is 23.8 Å². The van der Waals surface area contributed by atoms with Gasteiger partial charge < -0.3 is 25.6 Å². The summed E-state index contributed by atoms with van der Waals surface area (Å²) in [6.07, 6.45) is 8.97. The van der Waals surface area contributed by atoms with E-state index in [-0.39, 0.29) is 34.7 Å². The van der Waals surface area contributed by atoms with Crippen molar-refractivity contribution < 1.29 is 42.9 Å². The zero-order valence-electron chi connectivity index (χ0n) is 25.8. The molecular weight excluding hydrogens is 674 g/mol. The number of carboxylic acids is 2. The predicted octanol–water partition coefficient (Wildman–Crippen LogP) is 3.44. The highest BCUT2D eigenvalue weighted by atomic mass is 19.1. The summed E-state index contributed by atoms with van der Waals surface area (Å²) < 4.78 is 38.5. The molecule has 0 bridgehead atoms. The molecule has 0 spiro atoms. The molecule has 0 saturated heterocycles. The third-order valence-electron chi connectivity index (χ3n) is 7.15. The van der Waals surface area contributed by atoms with E-state index in [2.05, 4.69) is 41.0 Å². The van der Waals surface area contributed by atoms with E-state index in [0.717, 1.165) is 12.1 Å². The Balaban J connectivity index is 1.16. The van der Waals surface area contributed by atoms with Crippen LogP contribution in [0, 0.1) is 11.6 Å². The monoisotopic (exact) mass is 696 g/mol. The standard InChI is InChI=1S/C32H22F2N10O7/c33-20-12-18(31(47)48)24(37-29(45)22-1-3-27(41-39-22)43-8-6-35-15-43)11-17(20)5-10-51-26-14-25(19(32(49)50)13-21(26)34)38-30(46)23-2-4-28(42-40-23)44-9-7-36-16-44/h1-4,6-9,11-16H,5,10H2,(H,37,45)(H,38,46)(H,47,48)(H,49,50). The number of aromatic carboxylic acids is 2. The number of amides is 2. The number of ether oxygens (including phenoxy) is 1. The molecule has 0 fully saturated rings. The van der Waals surface area contributed by atoms with Crippen molar-refractivity contribution in [3.8, 4) is 17.4 Å². The van der Waals surface area contributed by atoms with Crippen molar-refractivity contribution in [3.63, 3.8) is 0 Å². The van der Waals surface area contributed by atoms with Crippen LogP contribution in [0.25, 0.3) is 11.6 Å². The molecule has 0 aliphatic rings. The van der Waals surface area contributed by atoms with Crippen LogP contribution >= 0.6 is 0 Å². The molecule has 17 nitrogen and oxygen atoms in total. The number of benzene rings is 2. The molecular formula is C32H22F2N10O7. The van der Waals surface area contributed by atoms with E-state index >= 15 is 0 Å². The summed E-state index contributed by atoms with van der Waals surface area (Å²) in [4.78, 5) is 57.2. The van der Waals surface area contributed by atoms with Gasteiger partial charge in [0.15, 0.2) is 34.6 Å². The van der Waals surface area contributed by atoms with E-state index in [1.807, 2.05) is 0 Å². The van der Waals surface area contributed by atoms with Crippen LogP contribution in [0.1, 0.15) is 47.3 Å². The van der Waals surface area contributed by atoms with Crippen molar-refractivity contribution >= 4 is 35.1 Å². The molecule has 6 rings (SSSR count). The average molecular weight is 697 g/mol. The minimum atomic E-state index is -1.55. The van der Waals surface area contributed by atoms with E-state index in [1.165, 1.54) is 49.3 Å². The number of nitrogens with one attached hydrogen (secondary N) is 2. The lowest BCUT2D eigenvalue weighted by molar-refractivity contribution is 0.0686. The molecule has 4 heterocycles. The topological polar surface area (TPSA) is 229 Å². The Bertz CT molecular complexity index is 2090. The number of anilines is 2. The van der Waals surface area contributed by atoms with Crippen molar-refractivity contribution in [2.24, 2.45) is 0 Å². The molecule has 2 aromatic carbocycles. The lowest BCUT2D eigenvalue weighted by Gasteiger charge is -2.14. The molecule has 0 aliphatic heterocycles. The van der Waals surface area contributed by atoms with Gasteiger partial charge in [-0.3, -0.25) is 18.7 Å². The summed E-state index contributed by atoms with van der Waals surface area (Å²) in [6, 6.07) is 9.04. The Labute approximate surface area is 284 Å². The molecule has 0 saturated carbocycles. The second kappa shape index (κ2) is 14.4. The third kappa shape index (κ3) is 7.51. The third-order valence-corrected chi connectivity index (χ3v) is 7.15.